The van der Waals surface area contributed by atoms with Crippen molar-refractivity contribution >= 4 is 27.8 Å². The summed E-state index contributed by atoms with van der Waals surface area (Å²) < 4.78 is 31.6. The molecule has 10 heteroatoms. The predicted octanol–water partition coefficient (Wildman–Crippen LogP) is 0.740. The van der Waals surface area contributed by atoms with Gasteiger partial charge in [-0.3, -0.25) is 9.59 Å². The molecule has 9 nitrogen and oxygen atoms in total. The van der Waals surface area contributed by atoms with Gasteiger partial charge >= 0.3 is 5.97 Å². The van der Waals surface area contributed by atoms with Gasteiger partial charge in [0.15, 0.2) is 6.61 Å². The highest BCUT2D eigenvalue weighted by Gasteiger charge is 2.31. The number of carbonyl (C=O) groups is 3. The third-order valence-corrected chi connectivity index (χ3v) is 6.94. The highest BCUT2D eigenvalue weighted by atomic mass is 32.2. The molecular weight excluding hydrogens is 398 g/mol. The fourth-order valence-electron chi connectivity index (χ4n) is 3.32. The van der Waals surface area contributed by atoms with Crippen molar-refractivity contribution in [1.29, 1.82) is 0 Å². The van der Waals surface area contributed by atoms with Crippen molar-refractivity contribution in [2.24, 2.45) is 5.73 Å². The summed E-state index contributed by atoms with van der Waals surface area (Å²) in [5.74, 6) is -1.91. The van der Waals surface area contributed by atoms with Crippen molar-refractivity contribution in [2.45, 2.75) is 44.0 Å². The van der Waals surface area contributed by atoms with E-state index in [-0.39, 0.29) is 10.5 Å². The molecular formula is C19H27N3O6S. The molecule has 1 aliphatic heterocycles. The summed E-state index contributed by atoms with van der Waals surface area (Å²) in [6, 6.07) is 4.80. The number of hydrogen-bond donors (Lipinski definition) is 1. The Balaban J connectivity index is 2.08. The van der Waals surface area contributed by atoms with Crippen LogP contribution in [0, 0.1) is 0 Å². The molecule has 1 aromatic carbocycles. The van der Waals surface area contributed by atoms with Crippen LogP contribution in [0.25, 0.3) is 0 Å². The second kappa shape index (κ2) is 9.84. The third kappa shape index (κ3) is 5.33. The van der Waals surface area contributed by atoms with E-state index in [1.54, 1.807) is 13.8 Å². The van der Waals surface area contributed by atoms with Crippen LogP contribution < -0.4 is 5.73 Å². The summed E-state index contributed by atoms with van der Waals surface area (Å²) in [6.45, 7) is 3.89. The molecule has 2 N–H and O–H groups in total. The van der Waals surface area contributed by atoms with Crippen LogP contribution in [-0.2, 0) is 24.3 Å². The van der Waals surface area contributed by atoms with E-state index in [0.29, 0.717) is 26.1 Å². The first kappa shape index (κ1) is 22.8. The fraction of sp³-hybridized carbons (Fsp3) is 0.526. The number of rotatable bonds is 8. The maximum Gasteiger partial charge on any atom is 0.338 e. The molecule has 0 bridgehead atoms. The van der Waals surface area contributed by atoms with Gasteiger partial charge in [-0.1, -0.05) is 19.9 Å². The number of sulfonamides is 1. The normalized spacial score (nSPS) is 17.2. The minimum Gasteiger partial charge on any atom is -0.452 e. The fourth-order valence-corrected chi connectivity index (χ4v) is 4.82. The molecule has 0 aromatic heterocycles. The maximum absolute atomic E-state index is 12.6. The average molecular weight is 426 g/mol. The Hall–Kier alpha value is -2.46. The minimum atomic E-state index is -3.72. The lowest BCUT2D eigenvalue weighted by molar-refractivity contribution is -0.143. The van der Waals surface area contributed by atoms with Gasteiger partial charge in [-0.15, -0.1) is 0 Å². The zero-order valence-electron chi connectivity index (χ0n) is 16.7. The van der Waals surface area contributed by atoms with Crippen LogP contribution in [0.4, 0.5) is 0 Å². The first-order valence-electron chi connectivity index (χ1n) is 9.58. The topological polar surface area (TPSA) is 127 Å². The first-order chi connectivity index (χ1) is 13.7. The van der Waals surface area contributed by atoms with Gasteiger partial charge in [0.25, 0.3) is 5.91 Å². The van der Waals surface area contributed by atoms with Crippen molar-refractivity contribution in [3.63, 3.8) is 0 Å². The number of amides is 2. The van der Waals surface area contributed by atoms with E-state index in [1.165, 1.54) is 33.5 Å². The SMILES string of the molecule is CCN(CC)S(=O)(=O)c1cccc(C(=O)OCC(=O)N2CCCC[C@H]2C(N)=O)c1. The summed E-state index contributed by atoms with van der Waals surface area (Å²) in [6.07, 6.45) is 2.03. The van der Waals surface area contributed by atoms with E-state index in [9.17, 15) is 22.8 Å². The highest BCUT2D eigenvalue weighted by Crippen LogP contribution is 2.19. The smallest absolute Gasteiger partial charge is 0.338 e. The lowest BCUT2D eigenvalue weighted by Crippen LogP contribution is -2.51. The van der Waals surface area contributed by atoms with Gasteiger partial charge < -0.3 is 15.4 Å². The van der Waals surface area contributed by atoms with Crippen LogP contribution in [0.15, 0.2) is 29.2 Å². The Kier molecular flexibility index (Phi) is 7.74. The number of ether oxygens (including phenoxy) is 1. The van der Waals surface area contributed by atoms with Crippen LogP contribution in [0.2, 0.25) is 0 Å². The summed E-state index contributed by atoms with van der Waals surface area (Å²) in [5, 5.41) is 0. The van der Waals surface area contributed by atoms with Crippen LogP contribution >= 0.6 is 0 Å². The molecule has 1 fully saturated rings. The zero-order chi connectivity index (χ0) is 21.6. The molecule has 2 rings (SSSR count). The monoisotopic (exact) mass is 425 g/mol. The van der Waals surface area contributed by atoms with Crippen LogP contribution in [0.3, 0.4) is 0 Å². The number of likely N-dealkylation sites (tertiary alicyclic amines) is 1. The Bertz CT molecular complexity index is 866. The minimum absolute atomic E-state index is 0.0215. The highest BCUT2D eigenvalue weighted by molar-refractivity contribution is 7.89. The van der Waals surface area contributed by atoms with Gasteiger partial charge in [-0.05, 0) is 37.5 Å². The van der Waals surface area contributed by atoms with Crippen molar-refractivity contribution in [3.8, 4) is 0 Å². The van der Waals surface area contributed by atoms with Crippen molar-refractivity contribution in [3.05, 3.63) is 29.8 Å². The quantitative estimate of drug-likeness (QED) is 0.612. The van der Waals surface area contributed by atoms with Gasteiger partial charge in [0.1, 0.15) is 6.04 Å². The second-order valence-corrected chi connectivity index (χ2v) is 8.63. The van der Waals surface area contributed by atoms with E-state index in [1.807, 2.05) is 0 Å². The molecule has 2 amide bonds. The van der Waals surface area contributed by atoms with Gasteiger partial charge in [0.05, 0.1) is 10.5 Å². The van der Waals surface area contributed by atoms with Gasteiger partial charge in [0.2, 0.25) is 15.9 Å². The van der Waals surface area contributed by atoms with Crippen LogP contribution in [-0.4, -0.2) is 67.7 Å². The van der Waals surface area contributed by atoms with Crippen molar-refractivity contribution < 1.29 is 27.5 Å². The summed E-state index contributed by atoms with van der Waals surface area (Å²) >= 11 is 0. The molecule has 0 saturated carbocycles. The number of carbonyl (C=O) groups excluding carboxylic acids is 3. The number of nitrogens with two attached hydrogens (primary N) is 1. The summed E-state index contributed by atoms with van der Waals surface area (Å²) in [7, 11) is -3.72. The summed E-state index contributed by atoms with van der Waals surface area (Å²) in [4.78, 5) is 37.6. The molecule has 1 heterocycles. The molecule has 1 aliphatic rings. The summed E-state index contributed by atoms with van der Waals surface area (Å²) in [5.41, 5.74) is 5.37. The molecule has 29 heavy (non-hydrogen) atoms. The first-order valence-corrected chi connectivity index (χ1v) is 11.0. The molecule has 0 spiro atoms. The standard InChI is InChI=1S/C19H27N3O6S/c1-3-21(4-2)29(26,27)15-9-7-8-14(12-15)19(25)28-13-17(23)22-11-6-5-10-16(22)18(20)24/h7-9,12,16H,3-6,10-11,13H2,1-2H3,(H2,20,24)/t16-/m0/s1. The Labute approximate surface area is 170 Å². The predicted molar refractivity (Wildman–Crippen MR) is 105 cm³/mol. The maximum atomic E-state index is 12.6. The molecule has 1 saturated heterocycles. The number of nitrogens with zero attached hydrogens (tertiary/aromatic N) is 2. The van der Waals surface area contributed by atoms with Crippen molar-refractivity contribution in [1.82, 2.24) is 9.21 Å². The molecule has 160 valence electrons. The Morgan fingerprint density at radius 3 is 2.52 bits per heavy atom. The van der Waals surface area contributed by atoms with E-state index in [2.05, 4.69) is 0 Å². The molecule has 0 aliphatic carbocycles. The van der Waals surface area contributed by atoms with Gasteiger partial charge in [-0.2, -0.15) is 4.31 Å². The van der Waals surface area contributed by atoms with E-state index in [0.717, 1.165) is 12.8 Å². The number of benzene rings is 1. The molecule has 0 radical (unpaired) electrons. The number of piperidine rings is 1. The lowest BCUT2D eigenvalue weighted by Gasteiger charge is -2.33. The van der Waals surface area contributed by atoms with Crippen LogP contribution in [0.5, 0.6) is 0 Å². The van der Waals surface area contributed by atoms with Gasteiger partial charge in [0, 0.05) is 19.6 Å². The number of esters is 1. The number of primary amides is 1. The van der Waals surface area contributed by atoms with Crippen LogP contribution in [0.1, 0.15) is 43.5 Å². The zero-order valence-corrected chi connectivity index (χ0v) is 17.5. The van der Waals surface area contributed by atoms with Gasteiger partial charge in [-0.25, -0.2) is 13.2 Å². The lowest BCUT2D eigenvalue weighted by atomic mass is 10.0. The van der Waals surface area contributed by atoms with E-state index < -0.39 is 40.5 Å². The average Bonchev–Trinajstić information content (AvgIpc) is 2.72. The largest absolute Gasteiger partial charge is 0.452 e. The molecule has 1 aromatic rings. The third-order valence-electron chi connectivity index (χ3n) is 4.89. The molecule has 1 atom stereocenters. The Morgan fingerprint density at radius 2 is 1.90 bits per heavy atom. The van der Waals surface area contributed by atoms with E-state index in [4.69, 9.17) is 10.5 Å². The van der Waals surface area contributed by atoms with Crippen molar-refractivity contribution in [2.75, 3.05) is 26.2 Å². The molecule has 0 unspecified atom stereocenters. The Morgan fingerprint density at radius 1 is 1.21 bits per heavy atom. The second-order valence-electron chi connectivity index (χ2n) is 6.69. The van der Waals surface area contributed by atoms with E-state index >= 15 is 0 Å². The number of hydrogen-bond acceptors (Lipinski definition) is 6.